The average molecular weight is 433 g/mol. The van der Waals surface area contributed by atoms with Crippen LogP contribution in [0.25, 0.3) is 0 Å². The highest BCUT2D eigenvalue weighted by Gasteiger charge is 2.44. The van der Waals surface area contributed by atoms with Crippen LogP contribution in [0.3, 0.4) is 0 Å². The summed E-state index contributed by atoms with van der Waals surface area (Å²) in [6.45, 7) is 3.66. The van der Waals surface area contributed by atoms with E-state index in [4.69, 9.17) is 0 Å². The molecule has 1 fully saturated rings. The second kappa shape index (κ2) is 10.0. The average Bonchev–Trinajstić information content (AvgIpc) is 3.53. The van der Waals surface area contributed by atoms with Crippen LogP contribution in [0.1, 0.15) is 30.9 Å². The second-order valence-electron chi connectivity index (χ2n) is 7.54. The summed E-state index contributed by atoms with van der Waals surface area (Å²) in [5.74, 6) is 0.277. The predicted molar refractivity (Wildman–Crippen MR) is 118 cm³/mol. The van der Waals surface area contributed by atoms with E-state index >= 15 is 0 Å². The Morgan fingerprint density at radius 3 is 2.53 bits per heavy atom. The summed E-state index contributed by atoms with van der Waals surface area (Å²) in [5, 5.41) is 6.22. The highest BCUT2D eigenvalue weighted by molar-refractivity contribution is 7.89. The Morgan fingerprint density at radius 2 is 1.87 bits per heavy atom. The Hall–Kier alpha value is -2.45. The molecule has 8 heteroatoms. The Kier molecular flexibility index (Phi) is 7.44. The molecule has 162 valence electrons. The first kappa shape index (κ1) is 22.2. The van der Waals surface area contributed by atoms with Gasteiger partial charge >= 0.3 is 0 Å². The van der Waals surface area contributed by atoms with Gasteiger partial charge in [-0.1, -0.05) is 42.5 Å². The van der Waals surface area contributed by atoms with Crippen LogP contribution in [-0.2, 0) is 22.0 Å². The lowest BCUT2D eigenvalue weighted by Crippen LogP contribution is -2.41. The van der Waals surface area contributed by atoms with Crippen LogP contribution < -0.4 is 15.4 Å². The number of aliphatic imine (C=N–C) groups is 1. The van der Waals surface area contributed by atoms with Crippen molar-refractivity contribution >= 4 is 16.0 Å². The first-order valence-electron chi connectivity index (χ1n) is 10.2. The molecular weight excluding hydrogens is 403 g/mol. The third-order valence-corrected chi connectivity index (χ3v) is 6.50. The molecule has 1 aliphatic rings. The molecule has 0 bridgehead atoms. The van der Waals surface area contributed by atoms with E-state index in [-0.39, 0.29) is 30.1 Å². The molecule has 2 aromatic carbocycles. The largest absolute Gasteiger partial charge is 0.357 e. The van der Waals surface area contributed by atoms with Gasteiger partial charge in [0.15, 0.2) is 5.96 Å². The van der Waals surface area contributed by atoms with Crippen molar-refractivity contribution in [3.8, 4) is 0 Å². The lowest BCUT2D eigenvalue weighted by molar-refractivity contribution is 0.579. The van der Waals surface area contributed by atoms with Crippen LogP contribution in [0.2, 0.25) is 0 Å². The summed E-state index contributed by atoms with van der Waals surface area (Å²) in [6, 6.07) is 16.1. The normalized spacial score (nSPS) is 15.6. The van der Waals surface area contributed by atoms with Gasteiger partial charge in [0.05, 0.1) is 12.3 Å². The molecule has 2 aromatic rings. The van der Waals surface area contributed by atoms with E-state index in [9.17, 15) is 12.8 Å². The highest BCUT2D eigenvalue weighted by Crippen LogP contribution is 2.48. The molecule has 0 unspecified atom stereocenters. The summed E-state index contributed by atoms with van der Waals surface area (Å²) < 4.78 is 40.7. The van der Waals surface area contributed by atoms with Gasteiger partial charge in [-0.05, 0) is 43.0 Å². The molecule has 3 N–H and O–H groups in total. The number of hydrogen-bond acceptors (Lipinski definition) is 3. The SMILES string of the molecule is CCNC(=NCC1(c2cccc(F)c2)CC1)NCCS(=O)(=O)NCc1ccccc1. The summed E-state index contributed by atoms with van der Waals surface area (Å²) >= 11 is 0. The fraction of sp³-hybridized carbons (Fsp3) is 0.409. The van der Waals surface area contributed by atoms with Crippen molar-refractivity contribution in [2.75, 3.05) is 25.4 Å². The first-order valence-corrected chi connectivity index (χ1v) is 11.9. The fourth-order valence-electron chi connectivity index (χ4n) is 3.24. The first-order chi connectivity index (χ1) is 14.4. The molecule has 0 saturated heterocycles. The quantitative estimate of drug-likeness (QED) is 0.398. The van der Waals surface area contributed by atoms with Crippen LogP contribution in [0, 0.1) is 5.82 Å². The van der Waals surface area contributed by atoms with Crippen LogP contribution in [0.15, 0.2) is 59.6 Å². The lowest BCUT2D eigenvalue weighted by Gasteiger charge is -2.16. The van der Waals surface area contributed by atoms with Gasteiger partial charge in [0.2, 0.25) is 10.0 Å². The summed E-state index contributed by atoms with van der Waals surface area (Å²) in [7, 11) is -3.41. The molecule has 0 heterocycles. The molecular formula is C22H29FN4O2S. The van der Waals surface area contributed by atoms with E-state index in [1.165, 1.54) is 6.07 Å². The maximum atomic E-state index is 13.6. The van der Waals surface area contributed by atoms with Gasteiger partial charge in [-0.25, -0.2) is 17.5 Å². The molecule has 3 rings (SSSR count). The minimum Gasteiger partial charge on any atom is -0.357 e. The third-order valence-electron chi connectivity index (χ3n) is 5.18. The van der Waals surface area contributed by atoms with Crippen molar-refractivity contribution in [1.29, 1.82) is 0 Å². The van der Waals surface area contributed by atoms with E-state index < -0.39 is 10.0 Å². The highest BCUT2D eigenvalue weighted by atomic mass is 32.2. The molecule has 0 atom stereocenters. The molecule has 6 nitrogen and oxygen atoms in total. The standard InChI is InChI=1S/C22H29FN4O2S/c1-2-24-21(26-17-22(11-12-22)19-9-6-10-20(23)15-19)25-13-14-30(28,29)27-16-18-7-4-3-5-8-18/h3-10,15,27H,2,11-14,16-17H2,1H3,(H2,24,25,26). The Labute approximate surface area is 178 Å². The zero-order valence-corrected chi connectivity index (χ0v) is 18.0. The van der Waals surface area contributed by atoms with Crippen molar-refractivity contribution in [1.82, 2.24) is 15.4 Å². The number of nitrogens with zero attached hydrogens (tertiary/aromatic N) is 1. The van der Waals surface area contributed by atoms with Crippen LogP contribution in [0.5, 0.6) is 0 Å². The zero-order valence-electron chi connectivity index (χ0n) is 17.2. The topological polar surface area (TPSA) is 82.6 Å². The molecule has 0 amide bonds. The maximum Gasteiger partial charge on any atom is 0.213 e. The maximum absolute atomic E-state index is 13.6. The minimum absolute atomic E-state index is 0.0563. The molecule has 0 spiro atoms. The number of sulfonamides is 1. The number of benzene rings is 2. The van der Waals surface area contributed by atoms with E-state index in [0.717, 1.165) is 24.0 Å². The van der Waals surface area contributed by atoms with E-state index in [1.807, 2.05) is 43.3 Å². The molecule has 0 aliphatic heterocycles. The molecule has 0 radical (unpaired) electrons. The molecule has 1 aliphatic carbocycles. The van der Waals surface area contributed by atoms with Gasteiger partial charge in [-0.2, -0.15) is 0 Å². The van der Waals surface area contributed by atoms with Crippen molar-refractivity contribution in [3.63, 3.8) is 0 Å². The van der Waals surface area contributed by atoms with Crippen LogP contribution >= 0.6 is 0 Å². The molecule has 1 saturated carbocycles. The van der Waals surface area contributed by atoms with Gasteiger partial charge in [0, 0.05) is 25.0 Å². The number of hydrogen-bond donors (Lipinski definition) is 3. The van der Waals surface area contributed by atoms with Crippen molar-refractivity contribution < 1.29 is 12.8 Å². The second-order valence-corrected chi connectivity index (χ2v) is 9.46. The van der Waals surface area contributed by atoms with Gasteiger partial charge in [-0.3, -0.25) is 4.99 Å². The zero-order chi connectivity index (χ0) is 21.5. The van der Waals surface area contributed by atoms with Gasteiger partial charge in [-0.15, -0.1) is 0 Å². The third kappa shape index (κ3) is 6.53. The molecule has 30 heavy (non-hydrogen) atoms. The molecule has 0 aromatic heterocycles. The van der Waals surface area contributed by atoms with E-state index in [1.54, 1.807) is 12.1 Å². The van der Waals surface area contributed by atoms with Crippen molar-refractivity contribution in [2.24, 2.45) is 4.99 Å². The van der Waals surface area contributed by atoms with Gasteiger partial charge < -0.3 is 10.6 Å². The summed E-state index contributed by atoms with van der Waals surface area (Å²) in [5.41, 5.74) is 1.76. The van der Waals surface area contributed by atoms with Crippen molar-refractivity contribution in [3.05, 3.63) is 71.5 Å². The van der Waals surface area contributed by atoms with Crippen LogP contribution in [-0.4, -0.2) is 39.8 Å². The number of rotatable bonds is 10. The van der Waals surface area contributed by atoms with Crippen LogP contribution in [0.4, 0.5) is 4.39 Å². The van der Waals surface area contributed by atoms with Crippen molar-refractivity contribution in [2.45, 2.75) is 31.7 Å². The number of guanidine groups is 1. The minimum atomic E-state index is -3.41. The number of nitrogens with one attached hydrogen (secondary N) is 3. The van der Waals surface area contributed by atoms with Gasteiger partial charge in [0.25, 0.3) is 0 Å². The number of halogens is 1. The Morgan fingerprint density at radius 1 is 1.10 bits per heavy atom. The van der Waals surface area contributed by atoms with Gasteiger partial charge in [0.1, 0.15) is 5.82 Å². The smallest absolute Gasteiger partial charge is 0.213 e. The monoisotopic (exact) mass is 432 g/mol. The fourth-order valence-corrected chi connectivity index (χ4v) is 4.15. The lowest BCUT2D eigenvalue weighted by atomic mass is 9.96. The predicted octanol–water partition coefficient (Wildman–Crippen LogP) is 2.53. The van der Waals surface area contributed by atoms with E-state index in [2.05, 4.69) is 20.3 Å². The summed E-state index contributed by atoms with van der Waals surface area (Å²) in [6.07, 6.45) is 1.94. The summed E-state index contributed by atoms with van der Waals surface area (Å²) in [4.78, 5) is 4.62. The Bertz CT molecular complexity index is 960. The Balaban J connectivity index is 1.51. The van der Waals surface area contributed by atoms with E-state index in [0.29, 0.717) is 19.0 Å².